The second kappa shape index (κ2) is 7.34. The van der Waals surface area contributed by atoms with Gasteiger partial charge in [-0.3, -0.25) is 4.79 Å². The minimum Gasteiger partial charge on any atom is -0.468 e. The SMILES string of the molecule is COC(=O)[C@H](O)[C@@H](NS(=O)(=O)c1ccc(C)cc1)C(=O)OC. The summed E-state index contributed by atoms with van der Waals surface area (Å²) >= 11 is 0. The first-order chi connectivity index (χ1) is 10.2. The van der Waals surface area contributed by atoms with Crippen molar-refractivity contribution in [3.8, 4) is 0 Å². The molecule has 8 nitrogen and oxygen atoms in total. The van der Waals surface area contributed by atoms with Gasteiger partial charge in [-0.05, 0) is 19.1 Å². The van der Waals surface area contributed by atoms with Crippen LogP contribution < -0.4 is 4.72 Å². The molecule has 122 valence electrons. The number of benzene rings is 1. The van der Waals surface area contributed by atoms with Crippen LogP contribution in [0.3, 0.4) is 0 Å². The van der Waals surface area contributed by atoms with Crippen molar-refractivity contribution in [3.05, 3.63) is 29.8 Å². The van der Waals surface area contributed by atoms with Gasteiger partial charge >= 0.3 is 11.9 Å². The second-order valence-electron chi connectivity index (χ2n) is 4.40. The van der Waals surface area contributed by atoms with Crippen molar-refractivity contribution in [2.75, 3.05) is 14.2 Å². The van der Waals surface area contributed by atoms with Crippen LogP contribution in [0.5, 0.6) is 0 Å². The van der Waals surface area contributed by atoms with Gasteiger partial charge in [0.25, 0.3) is 0 Å². The Bertz CT molecular complexity index is 639. The lowest BCUT2D eigenvalue weighted by atomic mass is 10.2. The van der Waals surface area contributed by atoms with Crippen molar-refractivity contribution in [2.24, 2.45) is 0 Å². The average Bonchev–Trinajstić information content (AvgIpc) is 2.50. The number of esters is 2. The van der Waals surface area contributed by atoms with Crippen LogP contribution >= 0.6 is 0 Å². The predicted molar refractivity (Wildman–Crippen MR) is 75.3 cm³/mol. The third-order valence-corrected chi connectivity index (χ3v) is 4.28. The number of aliphatic hydroxyl groups is 1. The number of carbonyl (C=O) groups excluding carboxylic acids is 2. The van der Waals surface area contributed by atoms with E-state index in [1.807, 2.05) is 4.72 Å². The molecule has 0 spiro atoms. The monoisotopic (exact) mass is 331 g/mol. The van der Waals surface area contributed by atoms with E-state index in [0.717, 1.165) is 19.8 Å². The van der Waals surface area contributed by atoms with Crippen molar-refractivity contribution in [3.63, 3.8) is 0 Å². The number of hydrogen-bond donors (Lipinski definition) is 2. The van der Waals surface area contributed by atoms with Gasteiger partial charge in [0.15, 0.2) is 12.1 Å². The van der Waals surface area contributed by atoms with Crippen molar-refractivity contribution < 1.29 is 32.6 Å². The van der Waals surface area contributed by atoms with Gasteiger partial charge in [0.1, 0.15) is 0 Å². The Hall–Kier alpha value is -1.97. The molecule has 0 fully saturated rings. The fourth-order valence-corrected chi connectivity index (χ4v) is 2.77. The highest BCUT2D eigenvalue weighted by atomic mass is 32.2. The first kappa shape index (κ1) is 18.1. The number of aryl methyl sites for hydroxylation is 1. The highest BCUT2D eigenvalue weighted by Crippen LogP contribution is 2.12. The predicted octanol–water partition coefficient (Wildman–Crippen LogP) is -0.651. The van der Waals surface area contributed by atoms with E-state index in [2.05, 4.69) is 9.47 Å². The van der Waals surface area contributed by atoms with Crippen molar-refractivity contribution in [2.45, 2.75) is 24.0 Å². The molecule has 1 aromatic rings. The summed E-state index contributed by atoms with van der Waals surface area (Å²) in [4.78, 5) is 22.8. The minimum atomic E-state index is -4.14. The number of carbonyl (C=O) groups is 2. The average molecular weight is 331 g/mol. The van der Waals surface area contributed by atoms with Crippen LogP contribution in [-0.2, 0) is 29.1 Å². The molecule has 2 atom stereocenters. The van der Waals surface area contributed by atoms with E-state index < -0.39 is 34.1 Å². The van der Waals surface area contributed by atoms with E-state index >= 15 is 0 Å². The maximum atomic E-state index is 12.2. The Labute approximate surface area is 128 Å². The summed E-state index contributed by atoms with van der Waals surface area (Å²) in [5, 5.41) is 9.73. The summed E-state index contributed by atoms with van der Waals surface area (Å²) < 4.78 is 35.0. The van der Waals surface area contributed by atoms with Gasteiger partial charge in [-0.1, -0.05) is 17.7 Å². The summed E-state index contributed by atoms with van der Waals surface area (Å²) in [6.07, 6.45) is -2.03. The number of ether oxygens (including phenoxy) is 2. The minimum absolute atomic E-state index is 0.121. The van der Waals surface area contributed by atoms with Gasteiger partial charge < -0.3 is 14.6 Å². The number of hydrogen-bond acceptors (Lipinski definition) is 7. The van der Waals surface area contributed by atoms with Crippen molar-refractivity contribution in [1.82, 2.24) is 4.72 Å². The van der Waals surface area contributed by atoms with E-state index in [1.54, 1.807) is 19.1 Å². The largest absolute Gasteiger partial charge is 0.468 e. The Morgan fingerprint density at radius 2 is 1.59 bits per heavy atom. The molecule has 0 amide bonds. The normalized spacial score (nSPS) is 14.0. The molecule has 1 rings (SSSR count). The van der Waals surface area contributed by atoms with Crippen LogP contribution in [-0.4, -0.2) is 51.8 Å². The molecule has 0 saturated heterocycles. The molecule has 0 bridgehead atoms. The first-order valence-corrected chi connectivity index (χ1v) is 7.64. The molecular weight excluding hydrogens is 314 g/mol. The maximum Gasteiger partial charge on any atom is 0.337 e. The van der Waals surface area contributed by atoms with Gasteiger partial charge in [-0.2, -0.15) is 4.72 Å². The molecule has 0 aromatic heterocycles. The lowest BCUT2D eigenvalue weighted by Crippen LogP contribution is -2.52. The van der Waals surface area contributed by atoms with Gasteiger partial charge in [0.05, 0.1) is 19.1 Å². The fraction of sp³-hybridized carbons (Fsp3) is 0.385. The lowest BCUT2D eigenvalue weighted by Gasteiger charge is -2.20. The van der Waals surface area contributed by atoms with E-state index in [4.69, 9.17) is 0 Å². The molecule has 9 heteroatoms. The Kier molecular flexibility index (Phi) is 6.03. The molecule has 0 saturated carbocycles. The van der Waals surface area contributed by atoms with Crippen molar-refractivity contribution >= 4 is 22.0 Å². The van der Waals surface area contributed by atoms with Crippen LogP contribution in [0.25, 0.3) is 0 Å². The van der Waals surface area contributed by atoms with Gasteiger partial charge in [-0.25, -0.2) is 13.2 Å². The summed E-state index contributed by atoms with van der Waals surface area (Å²) in [5.41, 5.74) is 0.845. The summed E-state index contributed by atoms with van der Waals surface area (Å²) in [7, 11) is -2.14. The lowest BCUT2D eigenvalue weighted by molar-refractivity contribution is -0.159. The quantitative estimate of drug-likeness (QED) is 0.665. The smallest absolute Gasteiger partial charge is 0.337 e. The molecule has 0 heterocycles. The van der Waals surface area contributed by atoms with Crippen LogP contribution in [0.15, 0.2) is 29.2 Å². The molecule has 0 radical (unpaired) electrons. The van der Waals surface area contributed by atoms with Crippen LogP contribution in [0.2, 0.25) is 0 Å². The molecule has 0 aliphatic heterocycles. The Morgan fingerprint density at radius 1 is 1.09 bits per heavy atom. The summed E-state index contributed by atoms with van der Waals surface area (Å²) in [5.74, 6) is -2.28. The number of aliphatic hydroxyl groups excluding tert-OH is 1. The van der Waals surface area contributed by atoms with E-state index in [9.17, 15) is 23.1 Å². The highest BCUT2D eigenvalue weighted by Gasteiger charge is 2.37. The molecule has 0 aliphatic rings. The van der Waals surface area contributed by atoms with Crippen molar-refractivity contribution in [1.29, 1.82) is 0 Å². The Morgan fingerprint density at radius 3 is 2.05 bits per heavy atom. The van der Waals surface area contributed by atoms with E-state index in [1.165, 1.54) is 12.1 Å². The molecule has 2 N–H and O–H groups in total. The van der Waals surface area contributed by atoms with E-state index in [0.29, 0.717) is 0 Å². The van der Waals surface area contributed by atoms with Crippen LogP contribution in [0.4, 0.5) is 0 Å². The zero-order valence-corrected chi connectivity index (χ0v) is 13.1. The molecular formula is C13H17NO7S. The second-order valence-corrected chi connectivity index (χ2v) is 6.12. The fourth-order valence-electron chi connectivity index (χ4n) is 1.58. The number of sulfonamides is 1. The summed E-state index contributed by atoms with van der Waals surface area (Å²) in [6, 6.07) is 3.98. The third kappa shape index (κ3) is 4.26. The maximum absolute atomic E-state index is 12.2. The third-order valence-electron chi connectivity index (χ3n) is 2.83. The number of nitrogens with one attached hydrogen (secondary N) is 1. The summed E-state index contributed by atoms with van der Waals surface area (Å²) in [6.45, 7) is 1.78. The van der Waals surface area contributed by atoms with Gasteiger partial charge in [-0.15, -0.1) is 0 Å². The topological polar surface area (TPSA) is 119 Å². The molecule has 0 unspecified atom stereocenters. The van der Waals surface area contributed by atoms with Crippen LogP contribution in [0, 0.1) is 6.92 Å². The molecule has 0 aliphatic carbocycles. The number of rotatable bonds is 6. The highest BCUT2D eigenvalue weighted by molar-refractivity contribution is 7.89. The van der Waals surface area contributed by atoms with Crippen LogP contribution in [0.1, 0.15) is 5.56 Å². The zero-order chi connectivity index (χ0) is 16.9. The Balaban J connectivity index is 3.10. The van der Waals surface area contributed by atoms with Gasteiger partial charge in [0, 0.05) is 0 Å². The van der Waals surface area contributed by atoms with Gasteiger partial charge in [0.2, 0.25) is 10.0 Å². The zero-order valence-electron chi connectivity index (χ0n) is 12.3. The number of methoxy groups -OCH3 is 2. The first-order valence-electron chi connectivity index (χ1n) is 6.15. The standard InChI is InChI=1S/C13H17NO7S/c1-8-4-6-9(7-5-8)22(18,19)14-10(12(16)20-2)11(15)13(17)21-3/h4-7,10-11,14-15H,1-3H3/t10-,11-/m1/s1. The molecule has 22 heavy (non-hydrogen) atoms. The van der Waals surface area contributed by atoms with E-state index in [-0.39, 0.29) is 4.90 Å². The molecule has 1 aromatic carbocycles.